The van der Waals surface area contributed by atoms with Crippen LogP contribution in [0.15, 0.2) is 42.5 Å². The lowest BCUT2D eigenvalue weighted by molar-refractivity contribution is 0.0936. The molecule has 1 amide bonds. The van der Waals surface area contributed by atoms with Crippen molar-refractivity contribution >= 4 is 17.5 Å². The van der Waals surface area contributed by atoms with Gasteiger partial charge < -0.3 is 5.32 Å². The van der Waals surface area contributed by atoms with Gasteiger partial charge in [-0.25, -0.2) is 4.39 Å². The summed E-state index contributed by atoms with van der Waals surface area (Å²) in [6.07, 6.45) is 0. The molecule has 0 spiro atoms. The lowest BCUT2D eigenvalue weighted by Gasteiger charge is -2.15. The normalized spacial score (nSPS) is 12.0. The van der Waals surface area contributed by atoms with Crippen LogP contribution in [-0.4, -0.2) is 5.91 Å². The maximum absolute atomic E-state index is 13.7. The van der Waals surface area contributed by atoms with Crippen LogP contribution in [0.25, 0.3) is 0 Å². The van der Waals surface area contributed by atoms with Crippen LogP contribution < -0.4 is 5.32 Å². The van der Waals surface area contributed by atoms with Crippen molar-refractivity contribution < 1.29 is 9.18 Å². The van der Waals surface area contributed by atoms with Gasteiger partial charge in [-0.3, -0.25) is 4.79 Å². The largest absolute Gasteiger partial charge is 0.345 e. The van der Waals surface area contributed by atoms with Gasteiger partial charge in [0.1, 0.15) is 5.82 Å². The van der Waals surface area contributed by atoms with E-state index >= 15 is 0 Å². The van der Waals surface area contributed by atoms with E-state index in [-0.39, 0.29) is 16.6 Å². The summed E-state index contributed by atoms with van der Waals surface area (Å²) in [7, 11) is 0. The average Bonchev–Trinajstić information content (AvgIpc) is 2.39. The Hall–Kier alpha value is -1.87. The van der Waals surface area contributed by atoms with Crippen LogP contribution in [-0.2, 0) is 0 Å². The third kappa shape index (κ3) is 3.17. The first-order chi connectivity index (χ1) is 9.49. The molecule has 1 atom stereocenters. The van der Waals surface area contributed by atoms with E-state index in [1.807, 2.05) is 38.1 Å². The van der Waals surface area contributed by atoms with Crippen molar-refractivity contribution in [1.82, 2.24) is 5.32 Å². The van der Waals surface area contributed by atoms with Gasteiger partial charge in [0.15, 0.2) is 0 Å². The monoisotopic (exact) mass is 291 g/mol. The maximum Gasteiger partial charge on any atom is 0.256 e. The smallest absolute Gasteiger partial charge is 0.256 e. The van der Waals surface area contributed by atoms with Crippen molar-refractivity contribution in [2.45, 2.75) is 19.9 Å². The minimum absolute atomic E-state index is 0.110. The van der Waals surface area contributed by atoms with E-state index in [4.69, 9.17) is 11.6 Å². The molecule has 0 saturated carbocycles. The minimum Gasteiger partial charge on any atom is -0.345 e. The fourth-order valence-corrected chi connectivity index (χ4v) is 2.17. The van der Waals surface area contributed by atoms with E-state index in [0.717, 1.165) is 11.1 Å². The molecule has 104 valence electrons. The van der Waals surface area contributed by atoms with Crippen molar-refractivity contribution in [2.75, 3.05) is 0 Å². The number of carbonyl (C=O) groups is 1. The topological polar surface area (TPSA) is 29.1 Å². The van der Waals surface area contributed by atoms with Crippen molar-refractivity contribution in [3.8, 4) is 0 Å². The zero-order chi connectivity index (χ0) is 14.7. The molecular formula is C16H15ClFNO. The summed E-state index contributed by atoms with van der Waals surface area (Å²) >= 11 is 5.87. The lowest BCUT2D eigenvalue weighted by Crippen LogP contribution is -2.27. The molecule has 2 aromatic rings. The zero-order valence-electron chi connectivity index (χ0n) is 11.3. The molecule has 0 aromatic heterocycles. The number of aryl methyl sites for hydroxylation is 1. The third-order valence-corrected chi connectivity index (χ3v) is 3.43. The molecule has 20 heavy (non-hydrogen) atoms. The summed E-state index contributed by atoms with van der Waals surface area (Å²) in [5.41, 5.74) is 1.98. The van der Waals surface area contributed by atoms with E-state index in [2.05, 4.69) is 5.32 Å². The Bertz CT molecular complexity index is 605. The van der Waals surface area contributed by atoms with Crippen LogP contribution in [0, 0.1) is 12.7 Å². The summed E-state index contributed by atoms with van der Waals surface area (Å²) in [4.78, 5) is 12.1. The van der Waals surface area contributed by atoms with E-state index in [1.165, 1.54) is 18.2 Å². The first kappa shape index (κ1) is 14.5. The quantitative estimate of drug-likeness (QED) is 0.898. The number of amides is 1. The van der Waals surface area contributed by atoms with E-state index in [1.54, 1.807) is 0 Å². The number of halogens is 2. The molecule has 0 saturated heterocycles. The third-order valence-electron chi connectivity index (χ3n) is 3.11. The predicted octanol–water partition coefficient (Wildman–Crippen LogP) is 4.28. The Morgan fingerprint density at radius 3 is 2.45 bits per heavy atom. The van der Waals surface area contributed by atoms with Gasteiger partial charge in [0.25, 0.3) is 5.91 Å². The number of carbonyl (C=O) groups excluding carboxylic acids is 1. The van der Waals surface area contributed by atoms with Crippen LogP contribution in [0.2, 0.25) is 5.02 Å². The zero-order valence-corrected chi connectivity index (χ0v) is 12.0. The molecule has 2 aromatic carbocycles. The highest BCUT2D eigenvalue weighted by Crippen LogP contribution is 2.20. The molecule has 0 bridgehead atoms. The standard InChI is InChI=1S/C16H15ClFNO/c1-10-6-8-12(9-7-10)11(2)19-16(20)15-13(17)4-3-5-14(15)18/h3-9,11H,1-2H3,(H,19,20)/t11-/m1/s1. The van der Waals surface area contributed by atoms with Crippen molar-refractivity contribution in [3.63, 3.8) is 0 Å². The van der Waals surface area contributed by atoms with Gasteiger partial charge in [-0.15, -0.1) is 0 Å². The van der Waals surface area contributed by atoms with Gasteiger partial charge in [-0.05, 0) is 31.5 Å². The molecule has 2 rings (SSSR count). The maximum atomic E-state index is 13.7. The number of hydrogen-bond donors (Lipinski definition) is 1. The van der Waals surface area contributed by atoms with Gasteiger partial charge in [-0.1, -0.05) is 47.5 Å². The number of rotatable bonds is 3. The molecule has 0 fully saturated rings. The van der Waals surface area contributed by atoms with Gasteiger partial charge in [0, 0.05) is 0 Å². The fraction of sp³-hybridized carbons (Fsp3) is 0.188. The fourth-order valence-electron chi connectivity index (χ4n) is 1.92. The average molecular weight is 292 g/mol. The molecule has 2 nitrogen and oxygen atoms in total. The van der Waals surface area contributed by atoms with E-state index < -0.39 is 11.7 Å². The summed E-state index contributed by atoms with van der Waals surface area (Å²) in [5, 5.41) is 2.86. The summed E-state index contributed by atoms with van der Waals surface area (Å²) < 4.78 is 13.7. The molecule has 0 heterocycles. The van der Waals surface area contributed by atoms with Crippen LogP contribution in [0.3, 0.4) is 0 Å². The van der Waals surface area contributed by atoms with Crippen LogP contribution >= 0.6 is 11.6 Å². The van der Waals surface area contributed by atoms with Crippen molar-refractivity contribution in [3.05, 3.63) is 70.0 Å². The van der Waals surface area contributed by atoms with Gasteiger partial charge in [-0.2, -0.15) is 0 Å². The SMILES string of the molecule is Cc1ccc([C@@H](C)NC(=O)c2c(F)cccc2Cl)cc1. The first-order valence-electron chi connectivity index (χ1n) is 6.30. The minimum atomic E-state index is -0.619. The van der Waals surface area contributed by atoms with Gasteiger partial charge >= 0.3 is 0 Å². The second-order valence-electron chi connectivity index (χ2n) is 4.70. The molecule has 0 radical (unpaired) electrons. The Kier molecular flexibility index (Phi) is 4.40. The molecule has 0 aliphatic carbocycles. The summed E-state index contributed by atoms with van der Waals surface area (Å²) in [6.45, 7) is 3.84. The summed E-state index contributed by atoms with van der Waals surface area (Å²) in [5.74, 6) is -1.13. The van der Waals surface area contributed by atoms with Crippen molar-refractivity contribution in [1.29, 1.82) is 0 Å². The Morgan fingerprint density at radius 1 is 1.20 bits per heavy atom. The van der Waals surface area contributed by atoms with Crippen LogP contribution in [0.1, 0.15) is 34.5 Å². The molecule has 0 aliphatic rings. The van der Waals surface area contributed by atoms with Crippen LogP contribution in [0.5, 0.6) is 0 Å². The first-order valence-corrected chi connectivity index (χ1v) is 6.68. The Balaban J connectivity index is 2.17. The highest BCUT2D eigenvalue weighted by atomic mass is 35.5. The van der Waals surface area contributed by atoms with Crippen molar-refractivity contribution in [2.24, 2.45) is 0 Å². The molecule has 1 N–H and O–H groups in total. The number of hydrogen-bond acceptors (Lipinski definition) is 1. The van der Waals surface area contributed by atoms with E-state index in [9.17, 15) is 9.18 Å². The second-order valence-corrected chi connectivity index (χ2v) is 5.11. The van der Waals surface area contributed by atoms with E-state index in [0.29, 0.717) is 0 Å². The molecule has 4 heteroatoms. The number of benzene rings is 2. The highest BCUT2D eigenvalue weighted by Gasteiger charge is 2.18. The Labute approximate surface area is 122 Å². The number of nitrogens with one attached hydrogen (secondary N) is 1. The highest BCUT2D eigenvalue weighted by molar-refractivity contribution is 6.33. The van der Waals surface area contributed by atoms with Gasteiger partial charge in [0.2, 0.25) is 0 Å². The molecular weight excluding hydrogens is 277 g/mol. The Morgan fingerprint density at radius 2 is 1.85 bits per heavy atom. The van der Waals surface area contributed by atoms with Crippen LogP contribution in [0.4, 0.5) is 4.39 Å². The molecule has 0 unspecified atom stereocenters. The van der Waals surface area contributed by atoms with Gasteiger partial charge in [0.05, 0.1) is 16.6 Å². The lowest BCUT2D eigenvalue weighted by atomic mass is 10.1. The molecule has 0 aliphatic heterocycles. The second kappa shape index (κ2) is 6.06. The summed E-state index contributed by atoms with van der Waals surface area (Å²) in [6, 6.07) is 11.8. The predicted molar refractivity (Wildman–Crippen MR) is 78.5 cm³/mol.